The minimum absolute atomic E-state index is 0.942. The second-order valence-corrected chi connectivity index (χ2v) is 12.1. The van der Waals surface area contributed by atoms with E-state index in [0.717, 1.165) is 0 Å². The molecule has 29 heavy (non-hydrogen) atoms. The molecular formula is C22H42O7. The van der Waals surface area contributed by atoms with E-state index in [9.17, 15) is 30.0 Å². The number of carbonyl (C=O) groups excluding carboxylic acids is 2. The van der Waals surface area contributed by atoms with Crippen molar-refractivity contribution in [1.29, 1.82) is 0 Å². The quantitative estimate of drug-likeness (QED) is 0.408. The van der Waals surface area contributed by atoms with Crippen molar-refractivity contribution in [2.75, 3.05) is 0 Å². The summed E-state index contributed by atoms with van der Waals surface area (Å²) < 4.78 is 4.75. The number of aliphatic hydroxyl groups is 4. The van der Waals surface area contributed by atoms with Crippen molar-refractivity contribution in [2.45, 2.75) is 106 Å². The van der Waals surface area contributed by atoms with Crippen LogP contribution in [0, 0.1) is 21.7 Å². The summed E-state index contributed by atoms with van der Waals surface area (Å²) in [4.78, 5) is 25.2. The lowest BCUT2D eigenvalue weighted by atomic mass is 9.59. The molecule has 0 aromatic carbocycles. The van der Waals surface area contributed by atoms with Gasteiger partial charge in [-0.05, 0) is 21.7 Å². The van der Waals surface area contributed by atoms with Gasteiger partial charge >= 0.3 is 11.9 Å². The molecule has 0 amide bonds. The largest absolute Gasteiger partial charge is 0.389 e. The predicted octanol–water partition coefficient (Wildman–Crippen LogP) is 2.42. The van der Waals surface area contributed by atoms with E-state index in [2.05, 4.69) is 0 Å². The highest BCUT2D eigenvalue weighted by Gasteiger charge is 2.60. The molecule has 2 atom stereocenters. The summed E-state index contributed by atoms with van der Waals surface area (Å²) in [6.45, 7) is 19.9. The second-order valence-electron chi connectivity index (χ2n) is 12.1. The molecule has 4 N–H and O–H groups in total. The highest BCUT2D eigenvalue weighted by atomic mass is 16.6. The molecule has 0 rings (SSSR count). The van der Waals surface area contributed by atoms with Crippen molar-refractivity contribution in [2.24, 2.45) is 21.7 Å². The van der Waals surface area contributed by atoms with Crippen molar-refractivity contribution in [1.82, 2.24) is 0 Å². The SMILES string of the molecule is CC(C)(C)C(O)(C(O)C(=O)OC(=O)C(O)C(O)(C(C)(C)C)C(C)(C)C)C(C)(C)C. The third-order valence-electron chi connectivity index (χ3n) is 6.01. The number of aliphatic hydroxyl groups excluding tert-OH is 2. The van der Waals surface area contributed by atoms with Gasteiger partial charge in [-0.1, -0.05) is 83.1 Å². The van der Waals surface area contributed by atoms with Gasteiger partial charge in [-0.25, -0.2) is 9.59 Å². The number of hydrogen-bond acceptors (Lipinski definition) is 7. The summed E-state index contributed by atoms with van der Waals surface area (Å²) >= 11 is 0. The first-order chi connectivity index (χ1) is 12.4. The lowest BCUT2D eigenvalue weighted by molar-refractivity contribution is -0.229. The van der Waals surface area contributed by atoms with Crippen molar-refractivity contribution in [3.05, 3.63) is 0 Å². The molecule has 172 valence electrons. The standard InChI is InChI=1S/C22H42O7/c1-17(2,3)21(27,18(4,5)6)13(23)15(25)29-16(26)14(24)22(28,19(7,8)9)20(10,11)12/h13-14,23-24,27-28H,1-12H3. The van der Waals surface area contributed by atoms with Gasteiger partial charge in [0.15, 0.2) is 12.2 Å². The molecule has 0 aromatic heterocycles. The van der Waals surface area contributed by atoms with Gasteiger partial charge < -0.3 is 25.2 Å². The number of esters is 2. The van der Waals surface area contributed by atoms with Crippen LogP contribution < -0.4 is 0 Å². The zero-order chi connectivity index (χ0) is 24.0. The molecule has 0 aliphatic rings. The molecule has 0 saturated heterocycles. The molecule has 0 fully saturated rings. The van der Waals surface area contributed by atoms with E-state index < -0.39 is 57.0 Å². The lowest BCUT2D eigenvalue weighted by Crippen LogP contribution is -2.65. The smallest absolute Gasteiger partial charge is 0.345 e. The maximum absolute atomic E-state index is 12.6. The van der Waals surface area contributed by atoms with Gasteiger partial charge in [-0.15, -0.1) is 0 Å². The normalized spacial score (nSPS) is 17.0. The Morgan fingerprint density at radius 2 is 0.724 bits per heavy atom. The van der Waals surface area contributed by atoms with E-state index in [1.807, 2.05) is 0 Å². The Bertz CT molecular complexity index is 527. The van der Waals surface area contributed by atoms with Gasteiger partial charge in [0.2, 0.25) is 0 Å². The molecule has 0 radical (unpaired) electrons. The molecule has 0 spiro atoms. The average Bonchev–Trinajstić information content (AvgIpc) is 2.46. The summed E-state index contributed by atoms with van der Waals surface area (Å²) in [5, 5.41) is 43.7. The molecule has 0 heterocycles. The van der Waals surface area contributed by atoms with E-state index >= 15 is 0 Å². The minimum atomic E-state index is -2.05. The number of hydrogen-bond donors (Lipinski definition) is 4. The van der Waals surface area contributed by atoms with Crippen LogP contribution in [0.15, 0.2) is 0 Å². The number of ether oxygens (including phenoxy) is 1. The fourth-order valence-corrected chi connectivity index (χ4v) is 4.44. The maximum atomic E-state index is 12.6. The molecule has 7 nitrogen and oxygen atoms in total. The van der Waals surface area contributed by atoms with Gasteiger partial charge in [0.1, 0.15) is 11.2 Å². The zero-order valence-electron chi connectivity index (χ0n) is 20.2. The Morgan fingerprint density at radius 3 is 0.862 bits per heavy atom. The fraction of sp³-hybridized carbons (Fsp3) is 0.909. The van der Waals surface area contributed by atoms with E-state index in [-0.39, 0.29) is 0 Å². The molecular weight excluding hydrogens is 376 g/mol. The number of rotatable bonds is 4. The summed E-state index contributed by atoms with van der Waals surface area (Å²) in [5.74, 6) is -2.77. The lowest BCUT2D eigenvalue weighted by Gasteiger charge is -2.51. The molecule has 0 aromatic rings. The molecule has 0 aliphatic heterocycles. The fourth-order valence-electron chi connectivity index (χ4n) is 4.44. The van der Waals surface area contributed by atoms with E-state index in [1.165, 1.54) is 0 Å². The second kappa shape index (κ2) is 7.91. The third kappa shape index (κ3) is 4.84. The highest BCUT2D eigenvalue weighted by Crippen LogP contribution is 2.48. The van der Waals surface area contributed by atoms with Gasteiger partial charge in [-0.3, -0.25) is 0 Å². The van der Waals surface area contributed by atoms with E-state index in [4.69, 9.17) is 4.74 Å². The van der Waals surface area contributed by atoms with Crippen molar-refractivity contribution in [3.63, 3.8) is 0 Å². The minimum Gasteiger partial charge on any atom is -0.389 e. The summed E-state index contributed by atoms with van der Waals surface area (Å²) in [5.41, 5.74) is -7.64. The first-order valence-electron chi connectivity index (χ1n) is 9.93. The topological polar surface area (TPSA) is 124 Å². The Morgan fingerprint density at radius 1 is 0.552 bits per heavy atom. The summed E-state index contributed by atoms with van der Waals surface area (Å²) in [6.07, 6.45) is -4.09. The molecule has 2 unspecified atom stereocenters. The van der Waals surface area contributed by atoms with Crippen LogP contribution in [0.3, 0.4) is 0 Å². The predicted molar refractivity (Wildman–Crippen MR) is 111 cm³/mol. The first kappa shape index (κ1) is 28.0. The van der Waals surface area contributed by atoms with E-state index in [1.54, 1.807) is 83.1 Å². The zero-order valence-corrected chi connectivity index (χ0v) is 20.2. The highest BCUT2D eigenvalue weighted by molar-refractivity contribution is 5.91. The van der Waals surface area contributed by atoms with Crippen molar-refractivity contribution < 1.29 is 34.8 Å². The van der Waals surface area contributed by atoms with Crippen molar-refractivity contribution in [3.8, 4) is 0 Å². The van der Waals surface area contributed by atoms with Crippen LogP contribution in [-0.4, -0.2) is 55.8 Å². The van der Waals surface area contributed by atoms with Crippen LogP contribution >= 0.6 is 0 Å². The van der Waals surface area contributed by atoms with E-state index in [0.29, 0.717) is 0 Å². The summed E-state index contributed by atoms with van der Waals surface area (Å²) in [6, 6.07) is 0. The van der Waals surface area contributed by atoms with Crippen LogP contribution in [0.5, 0.6) is 0 Å². The third-order valence-corrected chi connectivity index (χ3v) is 6.01. The van der Waals surface area contributed by atoms with Gasteiger partial charge in [0.25, 0.3) is 0 Å². The van der Waals surface area contributed by atoms with Gasteiger partial charge in [-0.2, -0.15) is 0 Å². The van der Waals surface area contributed by atoms with Crippen LogP contribution in [0.2, 0.25) is 0 Å². The van der Waals surface area contributed by atoms with Gasteiger partial charge in [0.05, 0.1) is 0 Å². The molecule has 0 bridgehead atoms. The van der Waals surface area contributed by atoms with Crippen LogP contribution in [0.4, 0.5) is 0 Å². The summed E-state index contributed by atoms with van der Waals surface area (Å²) in [7, 11) is 0. The molecule has 0 saturated carbocycles. The Hall–Kier alpha value is -1.02. The molecule has 7 heteroatoms. The van der Waals surface area contributed by atoms with Gasteiger partial charge in [0, 0.05) is 0 Å². The van der Waals surface area contributed by atoms with Crippen LogP contribution in [0.1, 0.15) is 83.1 Å². The van der Waals surface area contributed by atoms with Crippen LogP contribution in [-0.2, 0) is 14.3 Å². The maximum Gasteiger partial charge on any atom is 0.345 e. The Balaban J connectivity index is 5.95. The van der Waals surface area contributed by atoms with Crippen LogP contribution in [0.25, 0.3) is 0 Å². The monoisotopic (exact) mass is 418 g/mol. The average molecular weight is 419 g/mol. The first-order valence-corrected chi connectivity index (χ1v) is 9.93. The molecule has 0 aliphatic carbocycles. The Labute approximate surface area is 175 Å². The van der Waals surface area contributed by atoms with Crippen molar-refractivity contribution >= 4 is 11.9 Å². The Kier molecular flexibility index (Phi) is 7.63. The number of carbonyl (C=O) groups is 2.